The lowest BCUT2D eigenvalue weighted by Crippen LogP contribution is -2.29. The van der Waals surface area contributed by atoms with Gasteiger partial charge in [-0.05, 0) is 5.56 Å². The Balaban J connectivity index is 1.93. The molecule has 0 radical (unpaired) electrons. The minimum absolute atomic E-state index is 0.297. The fourth-order valence-corrected chi connectivity index (χ4v) is 1.38. The summed E-state index contributed by atoms with van der Waals surface area (Å²) in [7, 11) is 0. The van der Waals surface area contributed by atoms with E-state index in [4.69, 9.17) is 5.11 Å². The predicted molar refractivity (Wildman–Crippen MR) is 66.0 cm³/mol. The van der Waals surface area contributed by atoms with Gasteiger partial charge in [0.05, 0.1) is 6.20 Å². The number of anilines is 1. The largest absolute Gasteiger partial charge is 0.479 e. The van der Waals surface area contributed by atoms with E-state index in [2.05, 4.69) is 20.6 Å². The second-order valence-corrected chi connectivity index (χ2v) is 3.66. The third-order valence-electron chi connectivity index (χ3n) is 2.26. The standard InChI is InChI=1S/C12H11FN4O2/c13-9-7-15-12(19)17-10(9)16-11(18)14-6-8-4-2-1-3-5-8/h1-5,7H,6H2,(H3,14,15,16,17,18,19). The molecule has 1 heterocycles. The summed E-state index contributed by atoms with van der Waals surface area (Å²) in [6, 6.07) is 8.01. The minimum atomic E-state index is -0.826. The number of carbonyl (C=O) groups excluding carboxylic acids is 1. The summed E-state index contributed by atoms with van der Waals surface area (Å²) in [5.74, 6) is -1.20. The fourth-order valence-electron chi connectivity index (χ4n) is 1.38. The normalized spacial score (nSPS) is 9.95. The predicted octanol–water partition coefficient (Wildman–Crippen LogP) is 1.64. The van der Waals surface area contributed by atoms with Crippen LogP contribution < -0.4 is 10.6 Å². The van der Waals surface area contributed by atoms with Crippen molar-refractivity contribution in [3.63, 3.8) is 0 Å². The highest BCUT2D eigenvalue weighted by atomic mass is 19.1. The number of aromatic hydroxyl groups is 1. The van der Waals surface area contributed by atoms with E-state index in [1.165, 1.54) is 0 Å². The van der Waals surface area contributed by atoms with Gasteiger partial charge in [0.15, 0.2) is 11.6 Å². The zero-order chi connectivity index (χ0) is 13.7. The molecule has 0 saturated carbocycles. The molecule has 2 rings (SSSR count). The van der Waals surface area contributed by atoms with Crippen molar-refractivity contribution < 1.29 is 14.3 Å². The minimum Gasteiger partial charge on any atom is -0.479 e. The van der Waals surface area contributed by atoms with Crippen molar-refractivity contribution in [3.05, 3.63) is 47.9 Å². The Bertz CT molecular complexity index is 577. The summed E-state index contributed by atoms with van der Waals surface area (Å²) >= 11 is 0. The molecule has 0 spiro atoms. The van der Waals surface area contributed by atoms with E-state index >= 15 is 0 Å². The van der Waals surface area contributed by atoms with Crippen molar-refractivity contribution in [1.29, 1.82) is 0 Å². The number of nitrogens with one attached hydrogen (secondary N) is 2. The molecule has 0 unspecified atom stereocenters. The number of halogens is 1. The van der Waals surface area contributed by atoms with Crippen LogP contribution in [0.15, 0.2) is 36.5 Å². The summed E-state index contributed by atoms with van der Waals surface area (Å²) < 4.78 is 13.2. The monoisotopic (exact) mass is 262 g/mol. The van der Waals surface area contributed by atoms with Gasteiger partial charge in [-0.3, -0.25) is 5.32 Å². The lowest BCUT2D eigenvalue weighted by Gasteiger charge is -2.07. The van der Waals surface area contributed by atoms with E-state index in [-0.39, 0.29) is 5.82 Å². The first-order chi connectivity index (χ1) is 9.15. The summed E-state index contributed by atoms with van der Waals surface area (Å²) in [5, 5.41) is 13.7. The van der Waals surface area contributed by atoms with Crippen molar-refractivity contribution in [2.45, 2.75) is 6.54 Å². The maximum absolute atomic E-state index is 13.2. The Labute approximate surface area is 108 Å². The summed E-state index contributed by atoms with van der Waals surface area (Å²) in [5.41, 5.74) is 0.906. The molecule has 0 aliphatic heterocycles. The Hall–Kier alpha value is -2.70. The Morgan fingerprint density at radius 2 is 2.05 bits per heavy atom. The molecule has 6 nitrogen and oxygen atoms in total. The zero-order valence-corrected chi connectivity index (χ0v) is 9.80. The number of nitrogens with zero attached hydrogens (tertiary/aromatic N) is 2. The molecule has 7 heteroatoms. The van der Waals surface area contributed by atoms with Crippen LogP contribution in [-0.4, -0.2) is 21.1 Å². The van der Waals surface area contributed by atoms with E-state index < -0.39 is 17.9 Å². The second kappa shape index (κ2) is 5.76. The first-order valence-corrected chi connectivity index (χ1v) is 5.45. The number of amides is 2. The molecular weight excluding hydrogens is 251 g/mol. The number of hydrogen-bond donors (Lipinski definition) is 3. The molecule has 3 N–H and O–H groups in total. The average molecular weight is 262 g/mol. The molecule has 0 bridgehead atoms. The third kappa shape index (κ3) is 3.63. The molecule has 2 amide bonds. The summed E-state index contributed by atoms with van der Waals surface area (Å²) in [6.45, 7) is 0.297. The van der Waals surface area contributed by atoms with Crippen LogP contribution in [0.2, 0.25) is 0 Å². The molecule has 0 fully saturated rings. The van der Waals surface area contributed by atoms with Gasteiger partial charge in [0, 0.05) is 6.54 Å². The fraction of sp³-hybridized carbons (Fsp3) is 0.0833. The Morgan fingerprint density at radius 3 is 2.79 bits per heavy atom. The van der Waals surface area contributed by atoms with Crippen LogP contribution in [-0.2, 0) is 6.54 Å². The molecular formula is C12H11FN4O2. The van der Waals surface area contributed by atoms with Crippen molar-refractivity contribution >= 4 is 11.8 Å². The summed E-state index contributed by atoms with van der Waals surface area (Å²) in [6.07, 6.45) is 0.773. The number of benzene rings is 1. The third-order valence-corrected chi connectivity index (χ3v) is 2.26. The highest BCUT2D eigenvalue weighted by molar-refractivity contribution is 5.88. The van der Waals surface area contributed by atoms with E-state index in [0.29, 0.717) is 6.54 Å². The van der Waals surface area contributed by atoms with Crippen LogP contribution in [0.5, 0.6) is 6.01 Å². The van der Waals surface area contributed by atoms with Crippen LogP contribution in [0.3, 0.4) is 0 Å². The van der Waals surface area contributed by atoms with Crippen LogP contribution >= 0.6 is 0 Å². The van der Waals surface area contributed by atoms with Crippen LogP contribution in [0, 0.1) is 5.82 Å². The van der Waals surface area contributed by atoms with E-state index in [1.54, 1.807) is 0 Å². The van der Waals surface area contributed by atoms with Crippen molar-refractivity contribution in [2.75, 3.05) is 5.32 Å². The molecule has 98 valence electrons. The first kappa shape index (κ1) is 12.7. The molecule has 19 heavy (non-hydrogen) atoms. The van der Waals surface area contributed by atoms with Crippen LogP contribution in [0.4, 0.5) is 15.0 Å². The van der Waals surface area contributed by atoms with Gasteiger partial charge in [0.25, 0.3) is 0 Å². The molecule has 1 aromatic carbocycles. The van der Waals surface area contributed by atoms with Gasteiger partial charge in [-0.15, -0.1) is 0 Å². The maximum Gasteiger partial charge on any atom is 0.320 e. The average Bonchev–Trinajstić information content (AvgIpc) is 2.42. The number of hydrogen-bond acceptors (Lipinski definition) is 4. The van der Waals surface area contributed by atoms with Gasteiger partial charge < -0.3 is 10.4 Å². The number of rotatable bonds is 3. The van der Waals surface area contributed by atoms with E-state index in [1.807, 2.05) is 30.3 Å². The second-order valence-electron chi connectivity index (χ2n) is 3.66. The smallest absolute Gasteiger partial charge is 0.320 e. The van der Waals surface area contributed by atoms with Gasteiger partial charge in [-0.1, -0.05) is 30.3 Å². The van der Waals surface area contributed by atoms with Gasteiger partial charge in [0.1, 0.15) is 0 Å². The van der Waals surface area contributed by atoms with Crippen molar-refractivity contribution in [2.24, 2.45) is 0 Å². The van der Waals surface area contributed by atoms with E-state index in [0.717, 1.165) is 11.8 Å². The number of aromatic nitrogens is 2. The van der Waals surface area contributed by atoms with Gasteiger partial charge >= 0.3 is 12.0 Å². The Morgan fingerprint density at radius 1 is 1.32 bits per heavy atom. The summed E-state index contributed by atoms with van der Waals surface area (Å²) in [4.78, 5) is 18.1. The highest BCUT2D eigenvalue weighted by Crippen LogP contribution is 2.11. The molecule has 0 saturated heterocycles. The molecule has 0 aliphatic carbocycles. The zero-order valence-electron chi connectivity index (χ0n) is 9.80. The number of carbonyl (C=O) groups is 1. The van der Waals surface area contributed by atoms with Crippen LogP contribution in [0.1, 0.15) is 5.56 Å². The topological polar surface area (TPSA) is 87.1 Å². The SMILES string of the molecule is O=C(NCc1ccccc1)Nc1nc(O)ncc1F. The van der Waals surface area contributed by atoms with Gasteiger partial charge in [-0.2, -0.15) is 4.98 Å². The van der Waals surface area contributed by atoms with Crippen molar-refractivity contribution in [3.8, 4) is 6.01 Å². The molecule has 2 aromatic rings. The highest BCUT2D eigenvalue weighted by Gasteiger charge is 2.09. The maximum atomic E-state index is 13.2. The molecule has 1 aromatic heterocycles. The quantitative estimate of drug-likeness (QED) is 0.784. The van der Waals surface area contributed by atoms with Gasteiger partial charge in [0.2, 0.25) is 0 Å². The first-order valence-electron chi connectivity index (χ1n) is 5.45. The van der Waals surface area contributed by atoms with Crippen molar-refractivity contribution in [1.82, 2.24) is 15.3 Å². The van der Waals surface area contributed by atoms with Crippen LogP contribution in [0.25, 0.3) is 0 Å². The van der Waals surface area contributed by atoms with E-state index in [9.17, 15) is 9.18 Å². The Kier molecular flexibility index (Phi) is 3.87. The number of urea groups is 1. The lowest BCUT2D eigenvalue weighted by molar-refractivity contribution is 0.251. The molecule has 0 atom stereocenters. The molecule has 0 aliphatic rings. The lowest BCUT2D eigenvalue weighted by atomic mass is 10.2. The van der Waals surface area contributed by atoms with Gasteiger partial charge in [-0.25, -0.2) is 14.2 Å².